The van der Waals surface area contributed by atoms with Crippen LogP contribution in [0.15, 0.2) is 18.2 Å². The van der Waals surface area contributed by atoms with Gasteiger partial charge in [0.05, 0.1) is 6.61 Å². The SMILES string of the molecule is COCc1cccc(B(O)O)c1C. The Bertz CT molecular complexity index is 286. The van der Waals surface area contributed by atoms with Crippen molar-refractivity contribution in [3.8, 4) is 0 Å². The van der Waals surface area contributed by atoms with Crippen molar-refractivity contribution < 1.29 is 14.8 Å². The van der Waals surface area contributed by atoms with Crippen LogP contribution in [0.2, 0.25) is 0 Å². The van der Waals surface area contributed by atoms with E-state index in [-0.39, 0.29) is 0 Å². The minimum atomic E-state index is -1.41. The Balaban J connectivity index is 3.03. The third-order valence-electron chi connectivity index (χ3n) is 2.07. The van der Waals surface area contributed by atoms with Crippen LogP contribution in [0.3, 0.4) is 0 Å². The smallest absolute Gasteiger partial charge is 0.423 e. The molecule has 2 N–H and O–H groups in total. The van der Waals surface area contributed by atoms with Gasteiger partial charge >= 0.3 is 7.12 Å². The van der Waals surface area contributed by atoms with E-state index in [4.69, 9.17) is 14.8 Å². The Hall–Kier alpha value is -0.835. The van der Waals surface area contributed by atoms with Gasteiger partial charge in [-0.05, 0) is 23.5 Å². The molecular weight excluding hydrogens is 167 g/mol. The molecule has 1 aromatic carbocycles. The summed E-state index contributed by atoms with van der Waals surface area (Å²) in [6, 6.07) is 5.39. The van der Waals surface area contributed by atoms with Gasteiger partial charge in [-0.2, -0.15) is 0 Å². The fourth-order valence-electron chi connectivity index (χ4n) is 1.29. The number of hydrogen-bond acceptors (Lipinski definition) is 3. The monoisotopic (exact) mass is 180 g/mol. The second kappa shape index (κ2) is 4.41. The van der Waals surface area contributed by atoms with Crippen molar-refractivity contribution in [1.82, 2.24) is 0 Å². The first-order chi connectivity index (χ1) is 6.16. The predicted octanol–water partition coefficient (Wildman–Crippen LogP) is -0.179. The Kier molecular flexibility index (Phi) is 3.48. The molecule has 3 nitrogen and oxygen atoms in total. The topological polar surface area (TPSA) is 49.7 Å². The Morgan fingerprint density at radius 2 is 2.08 bits per heavy atom. The van der Waals surface area contributed by atoms with E-state index in [0.717, 1.165) is 11.1 Å². The summed E-state index contributed by atoms with van der Waals surface area (Å²) in [5.41, 5.74) is 2.39. The predicted molar refractivity (Wildman–Crippen MR) is 51.7 cm³/mol. The quantitative estimate of drug-likeness (QED) is 0.634. The van der Waals surface area contributed by atoms with Gasteiger partial charge in [0.25, 0.3) is 0 Å². The largest absolute Gasteiger partial charge is 0.488 e. The van der Waals surface area contributed by atoms with Crippen LogP contribution in [0, 0.1) is 6.92 Å². The van der Waals surface area contributed by atoms with Crippen LogP contribution in [0.5, 0.6) is 0 Å². The molecule has 0 aliphatic rings. The maximum atomic E-state index is 9.01. The van der Waals surface area contributed by atoms with Gasteiger partial charge in [0.15, 0.2) is 0 Å². The van der Waals surface area contributed by atoms with Gasteiger partial charge in [-0.1, -0.05) is 18.2 Å². The zero-order valence-corrected chi connectivity index (χ0v) is 7.82. The van der Waals surface area contributed by atoms with Crippen LogP contribution < -0.4 is 5.46 Å². The molecule has 1 aromatic rings. The molecule has 0 heterocycles. The molecule has 0 amide bonds. The van der Waals surface area contributed by atoms with Crippen LogP contribution in [-0.4, -0.2) is 24.3 Å². The molecule has 70 valence electrons. The van der Waals surface area contributed by atoms with Crippen LogP contribution >= 0.6 is 0 Å². The molecule has 4 heteroatoms. The lowest BCUT2D eigenvalue weighted by atomic mass is 9.76. The molecule has 0 spiro atoms. The summed E-state index contributed by atoms with van der Waals surface area (Å²) in [5, 5.41) is 18.0. The van der Waals surface area contributed by atoms with E-state index < -0.39 is 7.12 Å². The fourth-order valence-corrected chi connectivity index (χ4v) is 1.29. The first-order valence-electron chi connectivity index (χ1n) is 4.10. The molecule has 1 rings (SSSR count). The van der Waals surface area contributed by atoms with Gasteiger partial charge < -0.3 is 14.8 Å². The molecular formula is C9H13BO3. The van der Waals surface area contributed by atoms with Crippen LogP contribution in [0.4, 0.5) is 0 Å². The van der Waals surface area contributed by atoms with Gasteiger partial charge in [-0.25, -0.2) is 0 Å². The van der Waals surface area contributed by atoms with Crippen molar-refractivity contribution in [2.75, 3.05) is 7.11 Å². The highest BCUT2D eigenvalue weighted by Gasteiger charge is 2.14. The number of ether oxygens (including phenoxy) is 1. The summed E-state index contributed by atoms with van der Waals surface area (Å²) < 4.78 is 4.98. The lowest BCUT2D eigenvalue weighted by Gasteiger charge is -2.09. The zero-order chi connectivity index (χ0) is 9.84. The standard InChI is InChI=1S/C9H13BO3/c1-7-8(6-13-2)4-3-5-9(7)10(11)12/h3-5,11-12H,6H2,1-2H3. The number of rotatable bonds is 3. The minimum absolute atomic E-state index is 0.492. The van der Waals surface area contributed by atoms with Gasteiger partial charge in [-0.3, -0.25) is 0 Å². The molecule has 0 atom stereocenters. The molecule has 0 radical (unpaired) electrons. The third kappa shape index (κ3) is 2.31. The van der Waals surface area contributed by atoms with Crippen LogP contribution in [-0.2, 0) is 11.3 Å². The van der Waals surface area contributed by atoms with Crippen molar-refractivity contribution in [3.63, 3.8) is 0 Å². The highest BCUT2D eigenvalue weighted by atomic mass is 16.5. The molecule has 0 aliphatic heterocycles. The van der Waals surface area contributed by atoms with Gasteiger partial charge in [0, 0.05) is 7.11 Å². The average molecular weight is 180 g/mol. The van der Waals surface area contributed by atoms with Gasteiger partial charge in [-0.15, -0.1) is 0 Å². The van der Waals surface area contributed by atoms with E-state index in [1.165, 1.54) is 0 Å². The summed E-state index contributed by atoms with van der Waals surface area (Å²) in [6.07, 6.45) is 0. The number of benzene rings is 1. The molecule has 13 heavy (non-hydrogen) atoms. The summed E-state index contributed by atoms with van der Waals surface area (Å²) in [5.74, 6) is 0. The first kappa shape index (κ1) is 10.2. The Labute approximate surface area is 78.1 Å². The summed E-state index contributed by atoms with van der Waals surface area (Å²) >= 11 is 0. The summed E-state index contributed by atoms with van der Waals surface area (Å²) in [6.45, 7) is 2.34. The van der Waals surface area contributed by atoms with Crippen molar-refractivity contribution in [3.05, 3.63) is 29.3 Å². The van der Waals surface area contributed by atoms with E-state index >= 15 is 0 Å². The maximum absolute atomic E-state index is 9.01. The second-order valence-corrected chi connectivity index (χ2v) is 2.94. The normalized spacial score (nSPS) is 10.2. The van der Waals surface area contributed by atoms with E-state index in [2.05, 4.69) is 0 Å². The zero-order valence-electron chi connectivity index (χ0n) is 7.82. The summed E-state index contributed by atoms with van der Waals surface area (Å²) in [7, 11) is 0.207. The van der Waals surface area contributed by atoms with Crippen molar-refractivity contribution in [1.29, 1.82) is 0 Å². The van der Waals surface area contributed by atoms with Gasteiger partial charge in [0.1, 0.15) is 0 Å². The van der Waals surface area contributed by atoms with Crippen LogP contribution in [0.1, 0.15) is 11.1 Å². The third-order valence-corrected chi connectivity index (χ3v) is 2.07. The second-order valence-electron chi connectivity index (χ2n) is 2.94. The number of hydrogen-bond donors (Lipinski definition) is 2. The fraction of sp³-hybridized carbons (Fsp3) is 0.333. The van der Waals surface area contributed by atoms with Crippen LogP contribution in [0.25, 0.3) is 0 Å². The molecule has 0 fully saturated rings. The van der Waals surface area contributed by atoms with Gasteiger partial charge in [0.2, 0.25) is 0 Å². The molecule has 0 saturated heterocycles. The maximum Gasteiger partial charge on any atom is 0.488 e. The average Bonchev–Trinajstić information content (AvgIpc) is 2.08. The van der Waals surface area contributed by atoms with E-state index in [1.807, 2.05) is 13.0 Å². The Morgan fingerprint density at radius 3 is 2.62 bits per heavy atom. The summed E-state index contributed by atoms with van der Waals surface area (Å²) in [4.78, 5) is 0. The highest BCUT2D eigenvalue weighted by Crippen LogP contribution is 2.06. The Morgan fingerprint density at radius 1 is 1.38 bits per heavy atom. The lowest BCUT2D eigenvalue weighted by molar-refractivity contribution is 0.184. The highest BCUT2D eigenvalue weighted by molar-refractivity contribution is 6.59. The number of methoxy groups -OCH3 is 1. The molecule has 0 saturated carbocycles. The minimum Gasteiger partial charge on any atom is -0.423 e. The van der Waals surface area contributed by atoms with E-state index in [9.17, 15) is 0 Å². The van der Waals surface area contributed by atoms with Crippen molar-refractivity contribution in [2.24, 2.45) is 0 Å². The van der Waals surface area contributed by atoms with E-state index in [1.54, 1.807) is 19.2 Å². The molecule has 0 aliphatic carbocycles. The molecule has 0 bridgehead atoms. The molecule has 0 aromatic heterocycles. The van der Waals surface area contributed by atoms with Crippen molar-refractivity contribution >= 4 is 12.6 Å². The molecule has 0 unspecified atom stereocenters. The van der Waals surface area contributed by atoms with E-state index in [0.29, 0.717) is 12.1 Å². The van der Waals surface area contributed by atoms with Crippen molar-refractivity contribution in [2.45, 2.75) is 13.5 Å². The first-order valence-corrected chi connectivity index (χ1v) is 4.10. The lowest BCUT2D eigenvalue weighted by Crippen LogP contribution is -2.32.